The summed E-state index contributed by atoms with van der Waals surface area (Å²) in [6, 6.07) is 17.2. The third kappa shape index (κ3) is 13.9. The molecule has 0 heterocycles. The van der Waals surface area contributed by atoms with Gasteiger partial charge in [0.25, 0.3) is 0 Å². The monoisotopic (exact) mass is 490 g/mol. The summed E-state index contributed by atoms with van der Waals surface area (Å²) in [5.41, 5.74) is 2.97. The second-order valence-electron chi connectivity index (χ2n) is 4.79. The Hall–Kier alpha value is 0.543. The van der Waals surface area contributed by atoms with E-state index in [2.05, 4.69) is 62.4 Å². The molecule has 0 atom stereocenters. The van der Waals surface area contributed by atoms with Crippen molar-refractivity contribution in [3.05, 3.63) is 59.7 Å². The van der Waals surface area contributed by atoms with E-state index < -0.39 is 0 Å². The van der Waals surface area contributed by atoms with Crippen LogP contribution in [-0.2, 0) is 39.0 Å². The number of unbranched alkanes of at least 4 members (excludes halogenated alkanes) is 2. The van der Waals surface area contributed by atoms with Gasteiger partial charge >= 0.3 is 26.2 Å². The molecule has 0 aromatic heterocycles. The maximum atomic E-state index is 2.23. The zero-order valence-electron chi connectivity index (χ0n) is 13.1. The summed E-state index contributed by atoms with van der Waals surface area (Å²) in [7, 11) is 0. The molecule has 2 aromatic rings. The van der Waals surface area contributed by atoms with Crippen molar-refractivity contribution in [3.63, 3.8) is 0 Å². The van der Waals surface area contributed by atoms with Gasteiger partial charge in [0, 0.05) is 0 Å². The largest absolute Gasteiger partial charge is 4.00 e. The van der Waals surface area contributed by atoms with Gasteiger partial charge in [0.05, 0.1) is 0 Å². The Kier molecular flexibility index (Phi) is 23.4. The van der Waals surface area contributed by atoms with Crippen LogP contribution in [0.1, 0.15) is 50.7 Å². The van der Waals surface area contributed by atoms with Crippen LogP contribution < -0.4 is 34.0 Å². The average molecular weight is 493 g/mol. The molecule has 3 heteroatoms. The predicted octanol–water partition coefficient (Wildman–Crippen LogP) is -0.498. The van der Waals surface area contributed by atoms with Crippen molar-refractivity contribution in [1.82, 2.24) is 0 Å². The number of rotatable bonds is 6. The molecule has 0 saturated heterocycles. The molecule has 0 radical (unpaired) electrons. The number of hydrogen-bond donors (Lipinski definition) is 0. The topological polar surface area (TPSA) is 0 Å². The van der Waals surface area contributed by atoms with Crippen LogP contribution in [0.4, 0.5) is 0 Å². The molecular weight excluding hydrogens is 467 g/mol. The van der Waals surface area contributed by atoms with Crippen LogP contribution >= 0.6 is 0 Å². The number of hydrogen-bond acceptors (Lipinski definition) is 0. The maximum absolute atomic E-state index is 2.23. The molecular formula is C18H26Br2Zr. The van der Waals surface area contributed by atoms with Crippen LogP contribution in [0.2, 0.25) is 0 Å². The quantitative estimate of drug-likeness (QED) is 0.477. The van der Waals surface area contributed by atoms with E-state index in [0.717, 1.165) is 0 Å². The van der Waals surface area contributed by atoms with Crippen LogP contribution in [0, 0.1) is 0 Å². The Morgan fingerprint density at radius 3 is 1.14 bits per heavy atom. The van der Waals surface area contributed by atoms with Crippen molar-refractivity contribution < 1.29 is 60.2 Å². The van der Waals surface area contributed by atoms with Crippen LogP contribution in [0.15, 0.2) is 48.5 Å². The van der Waals surface area contributed by atoms with E-state index in [-0.39, 0.29) is 60.2 Å². The molecule has 2 rings (SSSR count). The summed E-state index contributed by atoms with van der Waals surface area (Å²) in [5, 5.41) is 0. The molecule has 2 aromatic carbocycles. The molecule has 0 spiro atoms. The van der Waals surface area contributed by atoms with Crippen molar-refractivity contribution >= 4 is 0 Å². The van der Waals surface area contributed by atoms with Gasteiger partial charge in [-0.1, -0.05) is 52.4 Å². The molecule has 21 heavy (non-hydrogen) atoms. The summed E-state index contributed by atoms with van der Waals surface area (Å²) in [6.07, 6.45) is 7.75. The fourth-order valence-corrected chi connectivity index (χ4v) is 1.92. The Morgan fingerprint density at radius 1 is 0.619 bits per heavy atom. The van der Waals surface area contributed by atoms with Gasteiger partial charge in [-0.05, 0) is 0 Å². The van der Waals surface area contributed by atoms with E-state index in [9.17, 15) is 0 Å². The van der Waals surface area contributed by atoms with Crippen molar-refractivity contribution in [2.45, 2.75) is 52.4 Å². The minimum Gasteiger partial charge on any atom is -1.00 e. The molecule has 0 nitrogen and oxygen atoms in total. The molecule has 116 valence electrons. The van der Waals surface area contributed by atoms with Crippen LogP contribution in [-0.4, -0.2) is 0 Å². The molecule has 0 fully saturated rings. The fraction of sp³-hybridized carbons (Fsp3) is 0.444. The second-order valence-corrected chi connectivity index (χ2v) is 4.79. The third-order valence-corrected chi connectivity index (χ3v) is 3.10. The fourth-order valence-electron chi connectivity index (χ4n) is 1.92. The first-order chi connectivity index (χ1) is 8.86. The van der Waals surface area contributed by atoms with Gasteiger partial charge in [0.15, 0.2) is 0 Å². The smallest absolute Gasteiger partial charge is 1.00 e. The van der Waals surface area contributed by atoms with Crippen molar-refractivity contribution in [2.24, 2.45) is 0 Å². The Bertz CT molecular complexity index is 328. The standard InChI is InChI=1S/2C9H13.2BrH.Zr/c2*1-2-3-6-9-7-4-5-8-9;;;/h2*4-5,7-8H,2-3,6H2,1H3;2*1H;/q2*-1;;;+4/p-2. The molecule has 0 bridgehead atoms. The second kappa shape index (κ2) is 18.6. The summed E-state index contributed by atoms with van der Waals surface area (Å²) < 4.78 is 0. The van der Waals surface area contributed by atoms with Gasteiger partial charge < -0.3 is 34.0 Å². The molecule has 0 N–H and O–H groups in total. The van der Waals surface area contributed by atoms with E-state index in [0.29, 0.717) is 0 Å². The minimum absolute atomic E-state index is 0. The first kappa shape index (κ1) is 26.4. The van der Waals surface area contributed by atoms with Crippen LogP contribution in [0.5, 0.6) is 0 Å². The maximum Gasteiger partial charge on any atom is 4.00 e. The molecule has 0 unspecified atom stereocenters. The molecule has 0 aliphatic heterocycles. The van der Waals surface area contributed by atoms with E-state index >= 15 is 0 Å². The molecule has 0 amide bonds. The molecule has 0 aliphatic rings. The van der Waals surface area contributed by atoms with Crippen molar-refractivity contribution in [3.8, 4) is 0 Å². The zero-order valence-corrected chi connectivity index (χ0v) is 18.7. The zero-order chi connectivity index (χ0) is 13.1. The van der Waals surface area contributed by atoms with Gasteiger partial charge in [0.2, 0.25) is 0 Å². The van der Waals surface area contributed by atoms with Gasteiger partial charge in [-0.2, -0.15) is 35.4 Å². The van der Waals surface area contributed by atoms with Gasteiger partial charge in [0.1, 0.15) is 0 Å². The predicted molar refractivity (Wildman–Crippen MR) is 81.3 cm³/mol. The third-order valence-electron chi connectivity index (χ3n) is 3.10. The van der Waals surface area contributed by atoms with E-state index in [1.54, 1.807) is 0 Å². The molecule has 0 aliphatic carbocycles. The first-order valence-electron chi connectivity index (χ1n) is 7.28. The Morgan fingerprint density at radius 2 is 0.905 bits per heavy atom. The van der Waals surface area contributed by atoms with Crippen LogP contribution in [0.3, 0.4) is 0 Å². The summed E-state index contributed by atoms with van der Waals surface area (Å²) in [4.78, 5) is 0. The van der Waals surface area contributed by atoms with Gasteiger partial charge in [-0.3, -0.25) is 0 Å². The van der Waals surface area contributed by atoms with E-state index in [1.165, 1.54) is 49.7 Å². The van der Waals surface area contributed by atoms with Crippen molar-refractivity contribution in [2.75, 3.05) is 0 Å². The Balaban J connectivity index is -0.000000270. The van der Waals surface area contributed by atoms with E-state index in [4.69, 9.17) is 0 Å². The summed E-state index contributed by atoms with van der Waals surface area (Å²) in [5.74, 6) is 0. The Labute approximate surface area is 171 Å². The van der Waals surface area contributed by atoms with E-state index in [1.807, 2.05) is 0 Å². The first-order valence-corrected chi connectivity index (χ1v) is 7.28. The minimum atomic E-state index is 0. The van der Waals surface area contributed by atoms with Crippen molar-refractivity contribution in [1.29, 1.82) is 0 Å². The SMILES string of the molecule is CCCC[c-]1cccc1.CCCC[c-]1cccc1.[Br-].[Br-].[Zr+4]. The normalized spacial score (nSPS) is 8.48. The summed E-state index contributed by atoms with van der Waals surface area (Å²) >= 11 is 0. The molecule has 0 saturated carbocycles. The average Bonchev–Trinajstić information content (AvgIpc) is 3.07. The van der Waals surface area contributed by atoms with Crippen LogP contribution in [0.25, 0.3) is 0 Å². The summed E-state index contributed by atoms with van der Waals surface area (Å²) in [6.45, 7) is 4.45. The number of halogens is 2. The van der Waals surface area contributed by atoms with Gasteiger partial charge in [-0.15, -0.1) is 0 Å². The number of aryl methyl sites for hydroxylation is 2. The van der Waals surface area contributed by atoms with Gasteiger partial charge in [-0.25, -0.2) is 24.3 Å².